The van der Waals surface area contributed by atoms with Crippen molar-refractivity contribution < 1.29 is 9.84 Å². The number of thiophene rings is 1. The van der Waals surface area contributed by atoms with Crippen LogP contribution in [0, 0.1) is 0 Å². The number of hydrogen-bond donors (Lipinski definition) is 1. The molecule has 0 aliphatic carbocycles. The number of rotatable bonds is 6. The highest BCUT2D eigenvalue weighted by Gasteiger charge is 2.13. The van der Waals surface area contributed by atoms with Gasteiger partial charge < -0.3 is 14.4 Å². The van der Waals surface area contributed by atoms with E-state index in [2.05, 4.69) is 5.10 Å². The fraction of sp³-hybridized carbons (Fsp3) is 0.200. The molecule has 1 atom stereocenters. The van der Waals surface area contributed by atoms with Gasteiger partial charge >= 0.3 is 0 Å². The lowest BCUT2D eigenvalue weighted by atomic mass is 10.1. The molecule has 138 valence electrons. The van der Waals surface area contributed by atoms with Gasteiger partial charge in [0.05, 0.1) is 24.1 Å². The quantitative estimate of drug-likeness (QED) is 0.556. The van der Waals surface area contributed by atoms with Gasteiger partial charge in [0, 0.05) is 12.4 Å². The first-order valence-corrected chi connectivity index (χ1v) is 9.57. The summed E-state index contributed by atoms with van der Waals surface area (Å²) in [5.41, 5.74) is 1.81. The molecule has 0 spiro atoms. The van der Waals surface area contributed by atoms with Crippen LogP contribution in [-0.4, -0.2) is 25.9 Å². The molecule has 0 aliphatic heterocycles. The van der Waals surface area contributed by atoms with E-state index in [1.807, 2.05) is 48.7 Å². The molecule has 0 bridgehead atoms. The predicted molar refractivity (Wildman–Crippen MR) is 105 cm³/mol. The topological polar surface area (TPSA) is 68.8 Å². The van der Waals surface area contributed by atoms with E-state index in [0.29, 0.717) is 12.1 Å². The number of aliphatic hydroxyl groups is 1. The van der Waals surface area contributed by atoms with Crippen molar-refractivity contribution in [1.29, 1.82) is 0 Å². The Morgan fingerprint density at radius 1 is 1.22 bits per heavy atom. The number of nitrogens with zero attached hydrogens (tertiary/aromatic N) is 3. The second kappa shape index (κ2) is 7.38. The Labute approximate surface area is 159 Å². The molecule has 7 heteroatoms. The van der Waals surface area contributed by atoms with E-state index in [4.69, 9.17) is 4.74 Å². The predicted octanol–water partition coefficient (Wildman–Crippen LogP) is 3.36. The monoisotopic (exact) mass is 381 g/mol. The van der Waals surface area contributed by atoms with Crippen LogP contribution in [0.1, 0.15) is 18.6 Å². The van der Waals surface area contributed by atoms with Crippen LogP contribution in [0.3, 0.4) is 0 Å². The Hall–Kier alpha value is -2.90. The van der Waals surface area contributed by atoms with E-state index >= 15 is 0 Å². The number of fused-ring (bicyclic) bond motifs is 1. The van der Waals surface area contributed by atoms with Gasteiger partial charge in [-0.2, -0.15) is 5.10 Å². The minimum Gasteiger partial charge on any atom is -0.494 e. The summed E-state index contributed by atoms with van der Waals surface area (Å²) in [7, 11) is 0. The van der Waals surface area contributed by atoms with Crippen molar-refractivity contribution in [3.8, 4) is 16.3 Å². The minimum absolute atomic E-state index is 0.169. The molecule has 3 aromatic heterocycles. The van der Waals surface area contributed by atoms with Crippen molar-refractivity contribution in [3.63, 3.8) is 0 Å². The largest absolute Gasteiger partial charge is 0.494 e. The summed E-state index contributed by atoms with van der Waals surface area (Å²) in [6, 6.07) is 13.0. The number of hydrogen-bond acceptors (Lipinski definition) is 5. The van der Waals surface area contributed by atoms with E-state index in [1.54, 1.807) is 34.3 Å². The van der Waals surface area contributed by atoms with Crippen LogP contribution >= 0.6 is 11.3 Å². The van der Waals surface area contributed by atoms with Gasteiger partial charge in [-0.05, 0) is 42.1 Å². The van der Waals surface area contributed by atoms with E-state index in [1.165, 1.54) is 4.57 Å². The van der Waals surface area contributed by atoms with Crippen LogP contribution in [0.15, 0.2) is 65.0 Å². The van der Waals surface area contributed by atoms with Gasteiger partial charge in [-0.1, -0.05) is 18.2 Å². The fourth-order valence-electron chi connectivity index (χ4n) is 2.96. The first kappa shape index (κ1) is 17.5. The highest BCUT2D eigenvalue weighted by molar-refractivity contribution is 7.13. The van der Waals surface area contributed by atoms with E-state index in [0.717, 1.165) is 21.9 Å². The zero-order chi connectivity index (χ0) is 18.8. The van der Waals surface area contributed by atoms with Gasteiger partial charge in [0.25, 0.3) is 5.56 Å². The van der Waals surface area contributed by atoms with Crippen LogP contribution in [0.2, 0.25) is 0 Å². The first-order chi connectivity index (χ1) is 13.2. The molecule has 4 rings (SSSR count). The number of ether oxygens (including phenoxy) is 1. The van der Waals surface area contributed by atoms with Gasteiger partial charge in [-0.25, -0.2) is 4.52 Å². The molecule has 0 aliphatic rings. The average Bonchev–Trinajstić information content (AvgIpc) is 3.34. The average molecular weight is 381 g/mol. The lowest BCUT2D eigenvalue weighted by molar-refractivity contribution is 0.155. The molecule has 27 heavy (non-hydrogen) atoms. The highest BCUT2D eigenvalue weighted by atomic mass is 32.1. The van der Waals surface area contributed by atoms with Crippen molar-refractivity contribution in [2.24, 2.45) is 0 Å². The van der Waals surface area contributed by atoms with Crippen molar-refractivity contribution in [2.45, 2.75) is 19.6 Å². The van der Waals surface area contributed by atoms with Crippen molar-refractivity contribution >= 4 is 16.9 Å². The second-order valence-corrected chi connectivity index (χ2v) is 7.06. The third-order valence-electron chi connectivity index (χ3n) is 4.32. The second-order valence-electron chi connectivity index (χ2n) is 6.11. The normalized spacial score (nSPS) is 12.4. The zero-order valence-corrected chi connectivity index (χ0v) is 15.6. The highest BCUT2D eigenvalue weighted by Crippen LogP contribution is 2.24. The molecule has 0 unspecified atom stereocenters. The molecular weight excluding hydrogens is 362 g/mol. The maximum atomic E-state index is 12.8. The van der Waals surface area contributed by atoms with Gasteiger partial charge in [-0.3, -0.25) is 4.79 Å². The molecule has 0 saturated carbocycles. The van der Waals surface area contributed by atoms with E-state index in [9.17, 15) is 9.90 Å². The van der Waals surface area contributed by atoms with Crippen LogP contribution in [0.25, 0.3) is 16.1 Å². The van der Waals surface area contributed by atoms with Crippen LogP contribution in [0.4, 0.5) is 0 Å². The Bertz CT molecular complexity index is 1100. The van der Waals surface area contributed by atoms with Crippen molar-refractivity contribution in [3.05, 3.63) is 76.2 Å². The summed E-state index contributed by atoms with van der Waals surface area (Å²) in [5.74, 6) is 0.757. The van der Waals surface area contributed by atoms with Gasteiger partial charge in [0.1, 0.15) is 17.0 Å². The minimum atomic E-state index is -0.791. The number of aliphatic hydroxyl groups excluding tert-OH is 1. The molecule has 1 N–H and O–H groups in total. The summed E-state index contributed by atoms with van der Waals surface area (Å²) in [6.07, 6.45) is 2.59. The molecular formula is C20H19N3O3S. The van der Waals surface area contributed by atoms with Gasteiger partial charge in [-0.15, -0.1) is 11.3 Å². The number of aromatic nitrogens is 3. The maximum absolute atomic E-state index is 12.8. The van der Waals surface area contributed by atoms with Gasteiger partial charge in [0.2, 0.25) is 0 Å². The molecule has 0 amide bonds. The van der Waals surface area contributed by atoms with Gasteiger partial charge in [0.15, 0.2) is 0 Å². The summed E-state index contributed by atoms with van der Waals surface area (Å²) < 4.78 is 8.50. The Morgan fingerprint density at radius 3 is 2.74 bits per heavy atom. The Balaban J connectivity index is 1.60. The third kappa shape index (κ3) is 3.51. The van der Waals surface area contributed by atoms with E-state index in [-0.39, 0.29) is 12.1 Å². The van der Waals surface area contributed by atoms with Crippen LogP contribution in [0.5, 0.6) is 5.75 Å². The summed E-state index contributed by atoms with van der Waals surface area (Å²) in [6.45, 7) is 2.69. The number of benzene rings is 1. The lowest BCUT2D eigenvalue weighted by Crippen LogP contribution is -2.24. The molecule has 3 heterocycles. The molecule has 6 nitrogen and oxygen atoms in total. The SMILES string of the molecule is CCOc1ccc([C@H](O)Cn2ccn3nc(-c4cccs4)cc3c2=O)cc1. The van der Waals surface area contributed by atoms with Crippen molar-refractivity contribution in [1.82, 2.24) is 14.2 Å². The fourth-order valence-corrected chi connectivity index (χ4v) is 3.64. The molecule has 0 fully saturated rings. The van der Waals surface area contributed by atoms with Crippen LogP contribution in [-0.2, 0) is 6.54 Å². The Morgan fingerprint density at radius 2 is 2.04 bits per heavy atom. The molecule has 0 radical (unpaired) electrons. The van der Waals surface area contributed by atoms with Crippen LogP contribution < -0.4 is 10.3 Å². The summed E-state index contributed by atoms with van der Waals surface area (Å²) >= 11 is 1.58. The lowest BCUT2D eigenvalue weighted by Gasteiger charge is -2.14. The standard InChI is InChI=1S/C20H19N3O3S/c1-2-26-15-7-5-14(6-8-15)18(24)13-22-9-10-23-17(20(22)25)12-16(21-23)19-4-3-11-27-19/h3-12,18,24H,2,13H2,1H3/t18-/m1/s1. The molecule has 0 saturated heterocycles. The maximum Gasteiger partial charge on any atom is 0.276 e. The smallest absolute Gasteiger partial charge is 0.276 e. The first-order valence-electron chi connectivity index (χ1n) is 8.69. The third-order valence-corrected chi connectivity index (χ3v) is 5.22. The Kier molecular flexibility index (Phi) is 4.79. The van der Waals surface area contributed by atoms with E-state index < -0.39 is 6.10 Å². The summed E-state index contributed by atoms with van der Waals surface area (Å²) in [5, 5.41) is 17.0. The zero-order valence-electron chi connectivity index (χ0n) is 14.8. The molecule has 4 aromatic rings. The van der Waals surface area contributed by atoms with Crippen molar-refractivity contribution in [2.75, 3.05) is 6.61 Å². The summed E-state index contributed by atoms with van der Waals surface area (Å²) in [4.78, 5) is 13.8. The molecule has 1 aromatic carbocycles.